The molecule has 11 unspecified atom stereocenters. The number of ketones is 1. The van der Waals surface area contributed by atoms with Gasteiger partial charge in [0.1, 0.15) is 30.5 Å². The van der Waals surface area contributed by atoms with Crippen molar-refractivity contribution >= 4 is 47.7 Å². The lowest BCUT2D eigenvalue weighted by Crippen LogP contribution is -2.81. The number of rotatable bonds is 9. The van der Waals surface area contributed by atoms with Gasteiger partial charge in [-0.1, -0.05) is 43.8 Å². The molecule has 1 saturated heterocycles. The number of esters is 6. The van der Waals surface area contributed by atoms with Crippen LogP contribution < -0.4 is 0 Å². The third-order valence-corrected chi connectivity index (χ3v) is 11.6. The summed E-state index contributed by atoms with van der Waals surface area (Å²) in [5.41, 5.74) is -7.51. The van der Waals surface area contributed by atoms with E-state index < -0.39 is 113 Å². The Hall–Kier alpha value is -4.89. The molecule has 5 rings (SSSR count). The molecule has 15 nitrogen and oxygen atoms in total. The van der Waals surface area contributed by atoms with Crippen molar-refractivity contribution in [3.8, 4) is 0 Å². The van der Waals surface area contributed by atoms with Gasteiger partial charge in [-0.05, 0) is 24.1 Å². The van der Waals surface area contributed by atoms with E-state index in [2.05, 4.69) is 6.58 Å². The van der Waals surface area contributed by atoms with Crippen LogP contribution in [0.2, 0.25) is 0 Å². The number of hydrogen-bond donors (Lipinski definition) is 1. The van der Waals surface area contributed by atoms with Crippen LogP contribution in [-0.2, 0) is 66.7 Å². The van der Waals surface area contributed by atoms with Crippen LogP contribution in [0.5, 0.6) is 0 Å². The smallest absolute Gasteiger partial charge is 0.331 e. The molecular formula is C39H46O15. The van der Waals surface area contributed by atoms with Crippen LogP contribution in [0, 0.1) is 22.7 Å². The minimum Gasteiger partial charge on any atom is -0.465 e. The predicted octanol–water partition coefficient (Wildman–Crippen LogP) is 2.59. The summed E-state index contributed by atoms with van der Waals surface area (Å²) in [6.45, 7) is 11.5. The topological polar surface area (TPSA) is 204 Å². The standard InChI is InChI=1S/C39H46O15/c1-20-28(54-31(46)15-14-26-12-10-9-11-13-26)17-30(50-22(3)41)38(19-48-21(2)40)32(20)33(51-23(4)42)27-16-29(45)37(8)39(47,36(27,7)18-49-37)35(53-25(6)44)34(38)52-24(5)43/h9-15,27-28,30,32-35,47H,1,16-19H2,2-8H3. The zero-order valence-corrected chi connectivity index (χ0v) is 31.3. The SMILES string of the molecule is C=C1C(OC(=O)C=Cc2ccccc2)CC(OC(C)=O)C2(COC(C)=O)C(OC(C)=O)C(OC(C)=O)C3(O)C4(C)OCC3(C)C(CC4=O)C(OC(C)=O)C12. The highest BCUT2D eigenvalue weighted by Crippen LogP contribution is 2.67. The highest BCUT2D eigenvalue weighted by atomic mass is 16.6. The molecule has 292 valence electrons. The summed E-state index contributed by atoms with van der Waals surface area (Å²) < 4.78 is 41.8. The molecular weight excluding hydrogens is 708 g/mol. The van der Waals surface area contributed by atoms with Gasteiger partial charge < -0.3 is 38.3 Å². The van der Waals surface area contributed by atoms with Crippen LogP contribution >= 0.6 is 0 Å². The highest BCUT2D eigenvalue weighted by Gasteiger charge is 2.83. The van der Waals surface area contributed by atoms with E-state index in [1.807, 2.05) is 6.07 Å². The summed E-state index contributed by atoms with van der Waals surface area (Å²) in [4.78, 5) is 92.6. The number of fused-ring (bicyclic) bond motifs is 1. The first-order chi connectivity index (χ1) is 25.2. The molecule has 4 aliphatic rings. The summed E-state index contributed by atoms with van der Waals surface area (Å²) in [7, 11) is 0. The molecule has 1 heterocycles. The third-order valence-electron chi connectivity index (χ3n) is 11.6. The van der Waals surface area contributed by atoms with Crippen LogP contribution in [-0.4, -0.2) is 102 Å². The van der Waals surface area contributed by atoms with Gasteiger partial charge in [0.15, 0.2) is 23.6 Å². The molecule has 1 aliphatic heterocycles. The number of carbonyl (C=O) groups excluding carboxylic acids is 7. The Kier molecular flexibility index (Phi) is 11.0. The lowest BCUT2D eigenvalue weighted by atomic mass is 9.43. The monoisotopic (exact) mass is 754 g/mol. The van der Waals surface area contributed by atoms with E-state index in [0.717, 1.165) is 34.6 Å². The Labute approximate surface area is 312 Å². The van der Waals surface area contributed by atoms with Crippen molar-refractivity contribution in [2.45, 2.75) is 103 Å². The molecule has 4 fully saturated rings. The minimum atomic E-state index is -2.51. The summed E-state index contributed by atoms with van der Waals surface area (Å²) >= 11 is 0. The fraction of sp³-hybridized carbons (Fsp3) is 0.564. The lowest BCUT2D eigenvalue weighted by molar-refractivity contribution is -0.303. The molecule has 0 aromatic heterocycles. The Morgan fingerprint density at radius 1 is 0.852 bits per heavy atom. The first kappa shape index (κ1) is 40.3. The van der Waals surface area contributed by atoms with Crippen molar-refractivity contribution in [2.75, 3.05) is 13.2 Å². The van der Waals surface area contributed by atoms with E-state index in [1.54, 1.807) is 31.2 Å². The van der Waals surface area contributed by atoms with Crippen LogP contribution in [0.25, 0.3) is 6.08 Å². The Bertz CT molecular complexity index is 1770. The quantitative estimate of drug-likeness (QED) is 0.167. The maximum atomic E-state index is 14.2. The van der Waals surface area contributed by atoms with Crippen molar-refractivity contribution in [3.63, 3.8) is 0 Å². The second-order valence-electron chi connectivity index (χ2n) is 14.8. The maximum absolute atomic E-state index is 14.2. The van der Waals surface area contributed by atoms with Crippen LogP contribution in [0.1, 0.15) is 66.9 Å². The van der Waals surface area contributed by atoms with E-state index in [9.17, 15) is 38.7 Å². The number of carbonyl (C=O) groups is 7. The minimum absolute atomic E-state index is 0.0470. The first-order valence-electron chi connectivity index (χ1n) is 17.6. The fourth-order valence-corrected chi connectivity index (χ4v) is 9.26. The Morgan fingerprint density at radius 2 is 1.44 bits per heavy atom. The summed E-state index contributed by atoms with van der Waals surface area (Å²) in [6.07, 6.45) is -6.20. The number of benzene rings is 1. The van der Waals surface area contributed by atoms with E-state index in [-0.39, 0.29) is 25.0 Å². The van der Waals surface area contributed by atoms with Crippen molar-refractivity contribution in [3.05, 3.63) is 54.1 Å². The molecule has 4 bridgehead atoms. The molecule has 15 heteroatoms. The molecule has 1 N–H and O–H groups in total. The zero-order chi connectivity index (χ0) is 40.0. The molecule has 3 aliphatic carbocycles. The van der Waals surface area contributed by atoms with Gasteiger partial charge in [-0.2, -0.15) is 0 Å². The van der Waals surface area contributed by atoms with Gasteiger partial charge in [-0.3, -0.25) is 28.8 Å². The molecule has 0 amide bonds. The predicted molar refractivity (Wildman–Crippen MR) is 184 cm³/mol. The molecule has 54 heavy (non-hydrogen) atoms. The van der Waals surface area contributed by atoms with E-state index in [1.165, 1.54) is 19.1 Å². The second-order valence-corrected chi connectivity index (χ2v) is 14.8. The van der Waals surface area contributed by atoms with Crippen molar-refractivity contribution < 1.29 is 71.8 Å². The fourth-order valence-electron chi connectivity index (χ4n) is 9.26. The molecule has 11 atom stereocenters. The van der Waals surface area contributed by atoms with Gasteiger partial charge in [0, 0.05) is 70.8 Å². The van der Waals surface area contributed by atoms with Gasteiger partial charge in [0.2, 0.25) is 0 Å². The average Bonchev–Trinajstić information content (AvgIpc) is 3.22. The zero-order valence-electron chi connectivity index (χ0n) is 31.3. The summed E-state index contributed by atoms with van der Waals surface area (Å²) in [5.74, 6) is -8.51. The summed E-state index contributed by atoms with van der Waals surface area (Å²) in [6, 6.07) is 8.90. The van der Waals surface area contributed by atoms with Crippen LogP contribution in [0.15, 0.2) is 48.6 Å². The van der Waals surface area contributed by atoms with Crippen LogP contribution in [0.3, 0.4) is 0 Å². The normalized spacial score (nSPS) is 36.9. The average molecular weight is 755 g/mol. The van der Waals surface area contributed by atoms with E-state index in [4.69, 9.17) is 33.2 Å². The Morgan fingerprint density at radius 3 is 2.02 bits per heavy atom. The van der Waals surface area contributed by atoms with Gasteiger partial charge in [-0.15, -0.1) is 0 Å². The first-order valence-corrected chi connectivity index (χ1v) is 17.6. The van der Waals surface area contributed by atoms with Gasteiger partial charge in [-0.25, -0.2) is 4.79 Å². The molecule has 1 aromatic carbocycles. The number of Topliss-reactive ketones (excluding diaryl/α,β-unsaturated/α-hetero) is 1. The molecule has 3 saturated carbocycles. The van der Waals surface area contributed by atoms with Crippen molar-refractivity contribution in [1.29, 1.82) is 0 Å². The van der Waals surface area contributed by atoms with Crippen molar-refractivity contribution in [1.82, 2.24) is 0 Å². The number of ether oxygens (including phenoxy) is 7. The van der Waals surface area contributed by atoms with Gasteiger partial charge >= 0.3 is 35.8 Å². The third kappa shape index (κ3) is 6.61. The molecule has 1 aromatic rings. The Balaban J connectivity index is 1.84. The lowest BCUT2D eigenvalue weighted by Gasteiger charge is -2.65. The number of hydrogen-bond acceptors (Lipinski definition) is 15. The maximum Gasteiger partial charge on any atom is 0.331 e. The summed E-state index contributed by atoms with van der Waals surface area (Å²) in [5, 5.41) is 13.2. The number of aliphatic hydroxyl groups is 1. The molecule has 0 radical (unpaired) electrons. The highest BCUT2D eigenvalue weighted by molar-refractivity contribution is 5.91. The van der Waals surface area contributed by atoms with Gasteiger partial charge in [0.25, 0.3) is 0 Å². The van der Waals surface area contributed by atoms with E-state index in [0.29, 0.717) is 5.56 Å². The molecule has 0 spiro atoms. The van der Waals surface area contributed by atoms with Crippen LogP contribution in [0.4, 0.5) is 0 Å². The van der Waals surface area contributed by atoms with Crippen molar-refractivity contribution in [2.24, 2.45) is 22.7 Å². The second kappa shape index (κ2) is 14.7. The van der Waals surface area contributed by atoms with E-state index >= 15 is 0 Å². The largest absolute Gasteiger partial charge is 0.465 e. The van der Waals surface area contributed by atoms with Gasteiger partial charge in [0.05, 0.1) is 12.0 Å².